The summed E-state index contributed by atoms with van der Waals surface area (Å²) in [6.07, 6.45) is -0.590. The zero-order chi connectivity index (χ0) is 10.8. The van der Waals surface area contributed by atoms with Crippen molar-refractivity contribution in [2.24, 2.45) is 0 Å². The Morgan fingerprint density at radius 1 is 1.47 bits per heavy atom. The monoisotopic (exact) mass is 208 g/mol. The topological polar surface area (TPSA) is 44.8 Å². The van der Waals surface area contributed by atoms with Gasteiger partial charge in [-0.15, -0.1) is 0 Å². The molecule has 80 valence electrons. The normalized spacial score (nSPS) is 18.5. The van der Waals surface area contributed by atoms with E-state index in [1.807, 2.05) is 19.1 Å². The Labute approximate surface area is 87.8 Å². The fourth-order valence-corrected chi connectivity index (χ4v) is 1.63. The number of ether oxygens (including phenoxy) is 3. The molecular formula is C11H12O4. The first kappa shape index (κ1) is 9.98. The van der Waals surface area contributed by atoms with E-state index in [-0.39, 0.29) is 5.97 Å². The molecule has 0 saturated carbocycles. The first-order valence-corrected chi connectivity index (χ1v) is 4.77. The number of esters is 1. The molecule has 0 N–H and O–H groups in total. The van der Waals surface area contributed by atoms with Crippen molar-refractivity contribution in [3.63, 3.8) is 0 Å². The molecule has 1 aliphatic heterocycles. The number of rotatable bonds is 3. The summed E-state index contributed by atoms with van der Waals surface area (Å²) in [7, 11) is 1.52. The Morgan fingerprint density at radius 3 is 2.93 bits per heavy atom. The smallest absolute Gasteiger partial charge is 0.345 e. The molecule has 1 aromatic carbocycles. The number of cyclic esters (lactones) is 1. The van der Waals surface area contributed by atoms with E-state index in [1.165, 1.54) is 7.11 Å². The largest absolute Gasteiger partial charge is 0.496 e. The highest BCUT2D eigenvalue weighted by Gasteiger charge is 2.34. The van der Waals surface area contributed by atoms with Crippen LogP contribution in [0.2, 0.25) is 0 Å². The molecule has 2 rings (SSSR count). The standard InChI is InChI=1S/C11H12O4/c1-3-14-11-7-5-4-6-8(13-2)9(7)10(12)15-11/h4-6,11H,3H2,1-2H3/t11-/m1/s1. The Balaban J connectivity index is 2.44. The first-order valence-electron chi connectivity index (χ1n) is 4.77. The summed E-state index contributed by atoms with van der Waals surface area (Å²) in [4.78, 5) is 11.5. The highest BCUT2D eigenvalue weighted by molar-refractivity contribution is 5.96. The third-order valence-corrected chi connectivity index (χ3v) is 2.27. The van der Waals surface area contributed by atoms with E-state index in [4.69, 9.17) is 14.2 Å². The van der Waals surface area contributed by atoms with Gasteiger partial charge in [0.1, 0.15) is 11.3 Å². The summed E-state index contributed by atoms with van der Waals surface area (Å²) < 4.78 is 15.5. The van der Waals surface area contributed by atoms with Gasteiger partial charge in [0.25, 0.3) is 0 Å². The van der Waals surface area contributed by atoms with Gasteiger partial charge in [-0.2, -0.15) is 0 Å². The van der Waals surface area contributed by atoms with Gasteiger partial charge >= 0.3 is 5.97 Å². The lowest BCUT2D eigenvalue weighted by molar-refractivity contribution is -0.0993. The van der Waals surface area contributed by atoms with E-state index in [0.29, 0.717) is 17.9 Å². The fraction of sp³-hybridized carbons (Fsp3) is 0.364. The van der Waals surface area contributed by atoms with Crippen LogP contribution in [0.1, 0.15) is 29.1 Å². The van der Waals surface area contributed by atoms with Gasteiger partial charge in [0.2, 0.25) is 6.29 Å². The zero-order valence-corrected chi connectivity index (χ0v) is 8.65. The van der Waals surface area contributed by atoms with Crippen LogP contribution >= 0.6 is 0 Å². The van der Waals surface area contributed by atoms with Gasteiger partial charge in [-0.25, -0.2) is 4.79 Å². The van der Waals surface area contributed by atoms with Crippen LogP contribution in [0.3, 0.4) is 0 Å². The molecule has 1 aliphatic rings. The van der Waals surface area contributed by atoms with Crippen LogP contribution in [0.25, 0.3) is 0 Å². The van der Waals surface area contributed by atoms with Crippen LogP contribution in [0.15, 0.2) is 18.2 Å². The number of benzene rings is 1. The van der Waals surface area contributed by atoms with Crippen molar-refractivity contribution in [3.05, 3.63) is 29.3 Å². The second-order valence-electron chi connectivity index (χ2n) is 3.12. The lowest BCUT2D eigenvalue weighted by Gasteiger charge is -2.09. The molecule has 0 spiro atoms. The van der Waals surface area contributed by atoms with Crippen molar-refractivity contribution in [1.29, 1.82) is 0 Å². The van der Waals surface area contributed by atoms with E-state index in [1.54, 1.807) is 6.07 Å². The Bertz CT molecular complexity index is 386. The van der Waals surface area contributed by atoms with E-state index in [9.17, 15) is 4.79 Å². The molecular weight excluding hydrogens is 196 g/mol. The van der Waals surface area contributed by atoms with Crippen LogP contribution in [0.4, 0.5) is 0 Å². The predicted molar refractivity (Wildman–Crippen MR) is 52.8 cm³/mol. The minimum Gasteiger partial charge on any atom is -0.496 e. The Kier molecular flexibility index (Phi) is 2.60. The van der Waals surface area contributed by atoms with Gasteiger partial charge in [-0.05, 0) is 13.0 Å². The molecule has 4 heteroatoms. The van der Waals surface area contributed by atoms with Crippen LogP contribution in [0, 0.1) is 0 Å². The van der Waals surface area contributed by atoms with Crippen LogP contribution < -0.4 is 4.74 Å². The van der Waals surface area contributed by atoms with Gasteiger partial charge in [0, 0.05) is 12.2 Å². The van der Waals surface area contributed by atoms with Crippen molar-refractivity contribution < 1.29 is 19.0 Å². The molecule has 1 atom stereocenters. The highest BCUT2D eigenvalue weighted by atomic mass is 16.7. The summed E-state index contributed by atoms with van der Waals surface area (Å²) in [6, 6.07) is 5.35. The maximum atomic E-state index is 11.5. The van der Waals surface area contributed by atoms with Crippen molar-refractivity contribution >= 4 is 5.97 Å². The van der Waals surface area contributed by atoms with E-state index < -0.39 is 6.29 Å². The SMILES string of the molecule is CCO[C@@H]1OC(=O)c2c(OC)cccc21. The quantitative estimate of drug-likeness (QED) is 0.711. The molecule has 15 heavy (non-hydrogen) atoms. The third kappa shape index (κ3) is 1.57. The third-order valence-electron chi connectivity index (χ3n) is 2.27. The minimum atomic E-state index is -0.590. The van der Waals surface area contributed by atoms with Crippen molar-refractivity contribution in [3.8, 4) is 5.75 Å². The molecule has 0 aromatic heterocycles. The molecule has 1 aromatic rings. The lowest BCUT2D eigenvalue weighted by atomic mass is 10.1. The molecule has 1 heterocycles. The summed E-state index contributed by atoms with van der Waals surface area (Å²) >= 11 is 0. The molecule has 0 bridgehead atoms. The fourth-order valence-electron chi connectivity index (χ4n) is 1.63. The van der Waals surface area contributed by atoms with Crippen molar-refractivity contribution in [1.82, 2.24) is 0 Å². The molecule has 0 saturated heterocycles. The molecule has 0 amide bonds. The average molecular weight is 208 g/mol. The summed E-state index contributed by atoms with van der Waals surface area (Å²) in [5.41, 5.74) is 1.21. The number of hydrogen-bond donors (Lipinski definition) is 0. The number of carbonyl (C=O) groups excluding carboxylic acids is 1. The van der Waals surface area contributed by atoms with E-state index in [2.05, 4.69) is 0 Å². The number of methoxy groups -OCH3 is 1. The number of fused-ring (bicyclic) bond motifs is 1. The number of carbonyl (C=O) groups is 1. The van der Waals surface area contributed by atoms with Crippen molar-refractivity contribution in [2.45, 2.75) is 13.2 Å². The first-order chi connectivity index (χ1) is 7.27. The molecule has 4 nitrogen and oxygen atoms in total. The van der Waals surface area contributed by atoms with E-state index >= 15 is 0 Å². The maximum Gasteiger partial charge on any atom is 0.345 e. The van der Waals surface area contributed by atoms with Gasteiger partial charge in [-0.3, -0.25) is 0 Å². The second kappa shape index (κ2) is 3.90. The van der Waals surface area contributed by atoms with Crippen LogP contribution in [-0.2, 0) is 9.47 Å². The average Bonchev–Trinajstić information content (AvgIpc) is 2.57. The summed E-state index contributed by atoms with van der Waals surface area (Å²) in [6.45, 7) is 2.35. The van der Waals surface area contributed by atoms with Crippen LogP contribution in [0.5, 0.6) is 5.75 Å². The number of hydrogen-bond acceptors (Lipinski definition) is 4. The highest BCUT2D eigenvalue weighted by Crippen LogP contribution is 2.36. The predicted octanol–water partition coefficient (Wildman–Crippen LogP) is 1.90. The second-order valence-corrected chi connectivity index (χ2v) is 3.12. The Hall–Kier alpha value is -1.55. The molecule has 0 radical (unpaired) electrons. The van der Waals surface area contributed by atoms with E-state index in [0.717, 1.165) is 5.56 Å². The minimum absolute atomic E-state index is 0.388. The van der Waals surface area contributed by atoms with Gasteiger partial charge in [0.05, 0.1) is 7.11 Å². The van der Waals surface area contributed by atoms with Gasteiger partial charge < -0.3 is 14.2 Å². The summed E-state index contributed by atoms with van der Waals surface area (Å²) in [5.74, 6) is 0.139. The molecule has 0 aliphatic carbocycles. The Morgan fingerprint density at radius 2 is 2.27 bits per heavy atom. The van der Waals surface area contributed by atoms with Gasteiger partial charge in [-0.1, -0.05) is 12.1 Å². The molecule has 0 fully saturated rings. The zero-order valence-electron chi connectivity index (χ0n) is 8.65. The lowest BCUT2D eigenvalue weighted by Crippen LogP contribution is -2.03. The summed E-state index contributed by atoms with van der Waals surface area (Å²) in [5, 5.41) is 0. The van der Waals surface area contributed by atoms with Crippen LogP contribution in [-0.4, -0.2) is 19.7 Å². The van der Waals surface area contributed by atoms with Gasteiger partial charge in [0.15, 0.2) is 0 Å². The van der Waals surface area contributed by atoms with Crippen molar-refractivity contribution in [2.75, 3.05) is 13.7 Å². The molecule has 0 unspecified atom stereocenters. The maximum absolute atomic E-state index is 11.5.